The van der Waals surface area contributed by atoms with Crippen LogP contribution in [0.3, 0.4) is 0 Å². The second kappa shape index (κ2) is 5.49. The molecule has 0 aliphatic carbocycles. The van der Waals surface area contributed by atoms with Gasteiger partial charge in [-0.05, 0) is 19.1 Å². The van der Waals surface area contributed by atoms with E-state index in [4.69, 9.17) is 0 Å². The minimum absolute atomic E-state index is 0.248. The van der Waals surface area contributed by atoms with Gasteiger partial charge < -0.3 is 10.4 Å². The van der Waals surface area contributed by atoms with Crippen molar-refractivity contribution in [2.75, 3.05) is 5.32 Å². The monoisotopic (exact) mass is 299 g/mol. The summed E-state index contributed by atoms with van der Waals surface area (Å²) in [6.45, 7) is 2.47. The first kappa shape index (κ1) is 13.5. The molecule has 0 bridgehead atoms. The number of aryl methyl sites for hydroxylation is 1. The van der Waals surface area contributed by atoms with Gasteiger partial charge in [0, 0.05) is 10.8 Å². The highest BCUT2D eigenvalue weighted by Gasteiger charge is 2.11. The molecule has 5 nitrogen and oxygen atoms in total. The number of hydrogen-bond donors (Lipinski definition) is 2. The Hall–Kier alpha value is -2.47. The summed E-state index contributed by atoms with van der Waals surface area (Å²) in [5.74, 6) is -0.419. The lowest BCUT2D eigenvalue weighted by Gasteiger charge is -2.08. The van der Waals surface area contributed by atoms with E-state index >= 15 is 0 Å². The van der Waals surface area contributed by atoms with Crippen molar-refractivity contribution in [3.8, 4) is 0 Å². The Balaban J connectivity index is 1.93. The van der Waals surface area contributed by atoms with Crippen LogP contribution in [0.25, 0.3) is 10.9 Å². The van der Waals surface area contributed by atoms with E-state index in [0.717, 1.165) is 10.7 Å². The number of pyridine rings is 1. The molecule has 2 N–H and O–H groups in total. The van der Waals surface area contributed by atoms with Gasteiger partial charge >= 0.3 is 5.97 Å². The molecular formula is C15H13N3O2S. The summed E-state index contributed by atoms with van der Waals surface area (Å²) >= 11 is 1.58. The fourth-order valence-electron chi connectivity index (χ4n) is 2.11. The third-order valence-corrected chi connectivity index (χ3v) is 3.89. The minimum atomic E-state index is -0.957. The van der Waals surface area contributed by atoms with Crippen molar-refractivity contribution in [1.29, 1.82) is 0 Å². The molecule has 0 amide bonds. The molecule has 0 radical (unpaired) electrons. The number of para-hydroxylation sites is 1. The maximum atomic E-state index is 11.4. The van der Waals surface area contributed by atoms with Gasteiger partial charge in [-0.25, -0.2) is 14.8 Å². The number of nitrogens with one attached hydrogen (secondary N) is 1. The second-order valence-electron chi connectivity index (χ2n) is 4.59. The molecule has 3 aromatic rings. The van der Waals surface area contributed by atoms with E-state index in [0.29, 0.717) is 23.3 Å². The first-order valence-corrected chi connectivity index (χ1v) is 7.29. The van der Waals surface area contributed by atoms with E-state index in [9.17, 15) is 9.90 Å². The molecule has 0 unspecified atom stereocenters. The topological polar surface area (TPSA) is 75.1 Å². The number of thiazole rings is 1. The van der Waals surface area contributed by atoms with Gasteiger partial charge in [0.25, 0.3) is 0 Å². The van der Waals surface area contributed by atoms with E-state index < -0.39 is 5.97 Å². The van der Waals surface area contributed by atoms with Gasteiger partial charge in [0.15, 0.2) is 0 Å². The normalized spacial score (nSPS) is 10.7. The zero-order valence-corrected chi connectivity index (χ0v) is 12.1. The van der Waals surface area contributed by atoms with Gasteiger partial charge in [-0.2, -0.15) is 0 Å². The Labute approximate surface area is 125 Å². The molecule has 3 rings (SSSR count). The first-order chi connectivity index (χ1) is 10.1. The molecule has 0 fully saturated rings. The Morgan fingerprint density at radius 3 is 2.86 bits per heavy atom. The third-order valence-electron chi connectivity index (χ3n) is 3.06. The summed E-state index contributed by atoms with van der Waals surface area (Å²) < 4.78 is 0. The second-order valence-corrected chi connectivity index (χ2v) is 5.65. The number of hydrogen-bond acceptors (Lipinski definition) is 5. The lowest BCUT2D eigenvalue weighted by atomic mass is 10.1. The van der Waals surface area contributed by atoms with Crippen molar-refractivity contribution in [1.82, 2.24) is 9.97 Å². The number of carboxylic acid groups (broad SMARTS) is 1. The predicted molar refractivity (Wildman–Crippen MR) is 82.9 cm³/mol. The van der Waals surface area contributed by atoms with Crippen LogP contribution in [0.15, 0.2) is 35.7 Å². The fraction of sp³-hybridized carbons (Fsp3) is 0.133. The number of aromatic nitrogens is 2. The molecule has 6 heteroatoms. The van der Waals surface area contributed by atoms with E-state index in [1.165, 1.54) is 0 Å². The highest BCUT2D eigenvalue weighted by molar-refractivity contribution is 7.09. The van der Waals surface area contributed by atoms with Gasteiger partial charge in [0.2, 0.25) is 0 Å². The minimum Gasteiger partial charge on any atom is -0.478 e. The van der Waals surface area contributed by atoms with Crippen LogP contribution in [-0.2, 0) is 6.54 Å². The Bertz CT molecular complexity index is 814. The molecule has 1 aromatic carbocycles. The van der Waals surface area contributed by atoms with Crippen LogP contribution in [0.4, 0.5) is 5.82 Å². The van der Waals surface area contributed by atoms with E-state index in [-0.39, 0.29) is 5.56 Å². The van der Waals surface area contributed by atoms with E-state index in [2.05, 4.69) is 15.3 Å². The molecule has 0 saturated carbocycles. The van der Waals surface area contributed by atoms with Crippen LogP contribution in [0.2, 0.25) is 0 Å². The smallest absolute Gasteiger partial charge is 0.336 e. The Morgan fingerprint density at radius 1 is 1.33 bits per heavy atom. The number of fused-ring (bicyclic) bond motifs is 1. The van der Waals surface area contributed by atoms with Gasteiger partial charge in [-0.1, -0.05) is 18.2 Å². The summed E-state index contributed by atoms with van der Waals surface area (Å²) in [5.41, 5.74) is 1.83. The average Bonchev–Trinajstić information content (AvgIpc) is 2.89. The summed E-state index contributed by atoms with van der Waals surface area (Å²) in [5, 5.41) is 16.1. The van der Waals surface area contributed by atoms with Crippen molar-refractivity contribution < 1.29 is 9.90 Å². The largest absolute Gasteiger partial charge is 0.478 e. The summed E-state index contributed by atoms with van der Waals surface area (Å²) in [6, 6.07) is 8.78. The number of rotatable bonds is 4. The lowest BCUT2D eigenvalue weighted by molar-refractivity contribution is 0.0699. The van der Waals surface area contributed by atoms with Crippen LogP contribution in [0.5, 0.6) is 0 Å². The third kappa shape index (κ3) is 2.85. The first-order valence-electron chi connectivity index (χ1n) is 6.41. The van der Waals surface area contributed by atoms with Crippen molar-refractivity contribution in [3.63, 3.8) is 0 Å². The molecule has 0 atom stereocenters. The van der Waals surface area contributed by atoms with Crippen LogP contribution < -0.4 is 5.32 Å². The molecule has 0 spiro atoms. The zero-order chi connectivity index (χ0) is 14.8. The number of benzene rings is 1. The zero-order valence-electron chi connectivity index (χ0n) is 11.3. The van der Waals surface area contributed by atoms with Crippen molar-refractivity contribution in [2.24, 2.45) is 0 Å². The number of aromatic carboxylic acids is 1. The van der Waals surface area contributed by atoms with Gasteiger partial charge in [-0.15, -0.1) is 11.3 Å². The average molecular weight is 299 g/mol. The van der Waals surface area contributed by atoms with Crippen molar-refractivity contribution >= 4 is 34.0 Å². The highest BCUT2D eigenvalue weighted by atomic mass is 32.1. The summed E-state index contributed by atoms with van der Waals surface area (Å²) in [6.07, 6.45) is 0. The number of carbonyl (C=O) groups is 1. The van der Waals surface area contributed by atoms with Crippen molar-refractivity contribution in [3.05, 3.63) is 52.0 Å². The fourth-order valence-corrected chi connectivity index (χ4v) is 2.73. The number of carboxylic acids is 1. The van der Waals surface area contributed by atoms with E-state index in [1.807, 2.05) is 24.4 Å². The van der Waals surface area contributed by atoms with Gasteiger partial charge in [-0.3, -0.25) is 0 Å². The molecular weight excluding hydrogens is 286 g/mol. The molecule has 0 aliphatic rings. The van der Waals surface area contributed by atoms with Crippen molar-refractivity contribution in [2.45, 2.75) is 13.5 Å². The van der Waals surface area contributed by atoms with Gasteiger partial charge in [0.05, 0.1) is 28.3 Å². The molecule has 2 aromatic heterocycles. The van der Waals surface area contributed by atoms with Crippen LogP contribution >= 0.6 is 11.3 Å². The molecule has 21 heavy (non-hydrogen) atoms. The molecule has 106 valence electrons. The molecule has 2 heterocycles. The van der Waals surface area contributed by atoms with Crippen LogP contribution in [0, 0.1) is 6.92 Å². The van der Waals surface area contributed by atoms with Gasteiger partial charge in [0.1, 0.15) is 5.82 Å². The SMILES string of the molecule is Cc1nc(CNc2cc(C(=O)O)c3ccccc3n2)cs1. The van der Waals surface area contributed by atoms with E-state index in [1.54, 1.807) is 29.5 Å². The quantitative estimate of drug-likeness (QED) is 0.773. The Morgan fingerprint density at radius 2 is 2.14 bits per heavy atom. The molecule has 0 saturated heterocycles. The Kier molecular flexibility index (Phi) is 3.53. The standard InChI is InChI=1S/C15H13N3O2S/c1-9-17-10(8-21-9)7-16-14-6-12(15(19)20)11-4-2-3-5-13(11)18-14/h2-6,8H,7H2,1H3,(H,16,18)(H,19,20). The number of nitrogens with zero attached hydrogens (tertiary/aromatic N) is 2. The summed E-state index contributed by atoms with van der Waals surface area (Å²) in [4.78, 5) is 20.2. The van der Waals surface area contributed by atoms with Crippen LogP contribution in [-0.4, -0.2) is 21.0 Å². The predicted octanol–water partition coefficient (Wildman–Crippen LogP) is 3.31. The number of anilines is 1. The lowest BCUT2D eigenvalue weighted by Crippen LogP contribution is -2.05. The molecule has 0 aliphatic heterocycles. The summed E-state index contributed by atoms with van der Waals surface area (Å²) in [7, 11) is 0. The maximum absolute atomic E-state index is 11.4. The maximum Gasteiger partial charge on any atom is 0.336 e. The van der Waals surface area contributed by atoms with Crippen LogP contribution in [0.1, 0.15) is 21.1 Å². The highest BCUT2D eigenvalue weighted by Crippen LogP contribution is 2.21.